The third-order valence-electron chi connectivity index (χ3n) is 3.57. The molecule has 1 heterocycles. The molecule has 3 N–H and O–H groups in total. The van der Waals surface area contributed by atoms with Crippen LogP contribution in [-0.2, 0) is 6.54 Å². The molecule has 1 atom stereocenters. The largest absolute Gasteiger partial charge is 0.465 e. The highest BCUT2D eigenvalue weighted by molar-refractivity contribution is 6.35. The summed E-state index contributed by atoms with van der Waals surface area (Å²) in [4.78, 5) is 29.2. The van der Waals surface area contributed by atoms with Crippen molar-refractivity contribution in [3.05, 3.63) is 39.4 Å². The lowest BCUT2D eigenvalue weighted by molar-refractivity contribution is 0.155. The zero-order valence-corrected chi connectivity index (χ0v) is 13.7. The van der Waals surface area contributed by atoms with E-state index in [0.29, 0.717) is 41.3 Å². The molecule has 1 unspecified atom stereocenters. The summed E-state index contributed by atoms with van der Waals surface area (Å²) in [5, 5.41) is 9.55. The Labute approximate surface area is 138 Å². The summed E-state index contributed by atoms with van der Waals surface area (Å²) < 4.78 is 1.48. The van der Waals surface area contributed by atoms with Gasteiger partial charge < -0.3 is 15.7 Å². The first-order valence-electron chi connectivity index (χ1n) is 7.21. The van der Waals surface area contributed by atoms with Crippen LogP contribution in [-0.4, -0.2) is 39.2 Å². The van der Waals surface area contributed by atoms with Crippen molar-refractivity contribution in [2.45, 2.75) is 25.9 Å². The normalized spacial score (nSPS) is 12.3. The summed E-state index contributed by atoms with van der Waals surface area (Å²) in [5.41, 5.74) is 6.18. The van der Waals surface area contributed by atoms with Gasteiger partial charge in [0.2, 0.25) is 0 Å². The molecular weight excluding hydrogens is 320 g/mol. The van der Waals surface area contributed by atoms with Crippen LogP contribution in [0.25, 0.3) is 10.9 Å². The van der Waals surface area contributed by atoms with Gasteiger partial charge in [0.15, 0.2) is 0 Å². The predicted octanol–water partition coefficient (Wildman–Crippen LogP) is 2.07. The van der Waals surface area contributed by atoms with Gasteiger partial charge in [0.25, 0.3) is 5.56 Å². The minimum atomic E-state index is -1.01. The Morgan fingerprint density at radius 1 is 1.52 bits per heavy atom. The number of fused-ring (bicyclic) bond motifs is 1. The number of hydrogen-bond donors (Lipinski definition) is 2. The molecule has 0 radical (unpaired) electrons. The maximum absolute atomic E-state index is 12.7. The number of halogens is 1. The van der Waals surface area contributed by atoms with Gasteiger partial charge in [0, 0.05) is 20.1 Å². The summed E-state index contributed by atoms with van der Waals surface area (Å²) in [7, 11) is 1.48. The van der Waals surface area contributed by atoms with Crippen molar-refractivity contribution in [2.24, 2.45) is 5.73 Å². The Hall–Kier alpha value is -2.12. The molecule has 0 spiro atoms. The zero-order chi connectivity index (χ0) is 17.1. The van der Waals surface area contributed by atoms with Crippen molar-refractivity contribution in [3.63, 3.8) is 0 Å². The van der Waals surface area contributed by atoms with Gasteiger partial charge in [-0.15, -0.1) is 0 Å². The average molecular weight is 339 g/mol. The van der Waals surface area contributed by atoms with Crippen molar-refractivity contribution in [2.75, 3.05) is 13.6 Å². The van der Waals surface area contributed by atoms with Gasteiger partial charge in [-0.3, -0.25) is 9.36 Å². The molecule has 0 aliphatic carbocycles. The van der Waals surface area contributed by atoms with E-state index in [1.54, 1.807) is 25.1 Å². The number of benzene rings is 1. The fraction of sp³-hybridized carbons (Fsp3) is 0.400. The van der Waals surface area contributed by atoms with E-state index in [1.165, 1.54) is 11.6 Å². The standard InChI is InChI=1S/C15H19ClN4O3/c1-9(17)13-18-11-6-3-5-10(16)12(11)14(21)20(13)8-4-7-19(2)15(22)23/h3,5-6,9H,4,7-8,17H2,1-2H3,(H,22,23). The first kappa shape index (κ1) is 17.2. The van der Waals surface area contributed by atoms with Crippen LogP contribution in [0, 0.1) is 0 Å². The van der Waals surface area contributed by atoms with Crippen LogP contribution >= 0.6 is 11.6 Å². The average Bonchev–Trinajstić information content (AvgIpc) is 2.48. The van der Waals surface area contributed by atoms with E-state index in [-0.39, 0.29) is 5.56 Å². The van der Waals surface area contributed by atoms with Crippen LogP contribution in [0.2, 0.25) is 5.02 Å². The van der Waals surface area contributed by atoms with Crippen molar-refractivity contribution in [1.29, 1.82) is 0 Å². The Bertz CT molecular complexity index is 788. The van der Waals surface area contributed by atoms with Crippen LogP contribution in [0.15, 0.2) is 23.0 Å². The zero-order valence-electron chi connectivity index (χ0n) is 13.0. The summed E-state index contributed by atoms with van der Waals surface area (Å²) in [5.74, 6) is 0.461. The maximum Gasteiger partial charge on any atom is 0.407 e. The minimum Gasteiger partial charge on any atom is -0.465 e. The van der Waals surface area contributed by atoms with Gasteiger partial charge in [0.1, 0.15) is 5.82 Å². The fourth-order valence-electron chi connectivity index (χ4n) is 2.37. The van der Waals surface area contributed by atoms with Crippen LogP contribution in [0.5, 0.6) is 0 Å². The Balaban J connectivity index is 2.42. The van der Waals surface area contributed by atoms with Crippen LogP contribution in [0.1, 0.15) is 25.2 Å². The minimum absolute atomic E-state index is 0.258. The molecule has 23 heavy (non-hydrogen) atoms. The number of carbonyl (C=O) groups is 1. The number of hydrogen-bond acceptors (Lipinski definition) is 4. The summed E-state index contributed by atoms with van der Waals surface area (Å²) >= 11 is 6.12. The Morgan fingerprint density at radius 3 is 2.83 bits per heavy atom. The lowest BCUT2D eigenvalue weighted by Crippen LogP contribution is -2.31. The SMILES string of the molecule is CC(N)c1nc2cccc(Cl)c2c(=O)n1CCCN(C)C(=O)O. The number of aromatic nitrogens is 2. The molecule has 8 heteroatoms. The summed E-state index contributed by atoms with van der Waals surface area (Å²) in [6.45, 7) is 2.38. The highest BCUT2D eigenvalue weighted by Crippen LogP contribution is 2.20. The van der Waals surface area contributed by atoms with Gasteiger partial charge in [0.05, 0.1) is 22.0 Å². The van der Waals surface area contributed by atoms with E-state index < -0.39 is 12.1 Å². The van der Waals surface area contributed by atoms with E-state index in [4.69, 9.17) is 22.4 Å². The van der Waals surface area contributed by atoms with E-state index in [9.17, 15) is 9.59 Å². The first-order chi connectivity index (χ1) is 10.8. The van der Waals surface area contributed by atoms with Crippen molar-refractivity contribution < 1.29 is 9.90 Å². The number of amides is 1. The molecule has 0 bridgehead atoms. The van der Waals surface area contributed by atoms with Gasteiger partial charge in [-0.1, -0.05) is 17.7 Å². The lowest BCUT2D eigenvalue weighted by atomic mass is 10.2. The second-order valence-corrected chi connectivity index (χ2v) is 5.81. The van der Waals surface area contributed by atoms with Crippen LogP contribution in [0.3, 0.4) is 0 Å². The van der Waals surface area contributed by atoms with Gasteiger partial charge in [-0.05, 0) is 25.5 Å². The molecular formula is C15H19ClN4O3. The lowest BCUT2D eigenvalue weighted by Gasteiger charge is -2.18. The molecule has 0 fully saturated rings. The van der Waals surface area contributed by atoms with Crippen molar-refractivity contribution in [1.82, 2.24) is 14.5 Å². The van der Waals surface area contributed by atoms with E-state index in [1.807, 2.05) is 0 Å². The molecule has 0 aliphatic heterocycles. The molecule has 1 aromatic heterocycles. The number of rotatable bonds is 5. The van der Waals surface area contributed by atoms with E-state index >= 15 is 0 Å². The molecule has 2 aromatic rings. The summed E-state index contributed by atoms with van der Waals surface area (Å²) in [6, 6.07) is 4.66. The quantitative estimate of drug-likeness (QED) is 0.869. The Kier molecular flexibility index (Phi) is 5.23. The second-order valence-electron chi connectivity index (χ2n) is 5.41. The molecule has 124 valence electrons. The molecule has 0 saturated carbocycles. The number of nitrogens with zero attached hydrogens (tertiary/aromatic N) is 3. The third kappa shape index (κ3) is 3.62. The van der Waals surface area contributed by atoms with Gasteiger partial charge >= 0.3 is 6.09 Å². The number of carboxylic acid groups (broad SMARTS) is 1. The van der Waals surface area contributed by atoms with Crippen LogP contribution in [0.4, 0.5) is 4.79 Å². The third-order valence-corrected chi connectivity index (χ3v) is 3.89. The first-order valence-corrected chi connectivity index (χ1v) is 7.59. The monoisotopic (exact) mass is 338 g/mol. The molecule has 1 aromatic carbocycles. The predicted molar refractivity (Wildman–Crippen MR) is 88.9 cm³/mol. The topological polar surface area (TPSA) is 101 Å². The van der Waals surface area contributed by atoms with Gasteiger partial charge in [-0.2, -0.15) is 0 Å². The maximum atomic E-state index is 12.7. The molecule has 2 rings (SSSR count). The highest BCUT2D eigenvalue weighted by atomic mass is 35.5. The van der Waals surface area contributed by atoms with E-state index in [2.05, 4.69) is 4.98 Å². The molecule has 1 amide bonds. The number of nitrogens with two attached hydrogens (primary N) is 1. The second kappa shape index (κ2) is 6.97. The van der Waals surface area contributed by atoms with Crippen molar-refractivity contribution >= 4 is 28.6 Å². The van der Waals surface area contributed by atoms with E-state index in [0.717, 1.165) is 4.90 Å². The van der Waals surface area contributed by atoms with Crippen LogP contribution < -0.4 is 11.3 Å². The molecule has 0 saturated heterocycles. The van der Waals surface area contributed by atoms with Gasteiger partial charge in [-0.25, -0.2) is 9.78 Å². The summed E-state index contributed by atoms with van der Waals surface area (Å²) in [6.07, 6.45) is -0.537. The molecule has 0 aliphatic rings. The fourth-order valence-corrected chi connectivity index (χ4v) is 2.62. The van der Waals surface area contributed by atoms with Crippen molar-refractivity contribution in [3.8, 4) is 0 Å². The highest BCUT2D eigenvalue weighted by Gasteiger charge is 2.16. The Morgan fingerprint density at radius 2 is 2.22 bits per heavy atom. The smallest absolute Gasteiger partial charge is 0.407 e. The molecule has 7 nitrogen and oxygen atoms in total.